The summed E-state index contributed by atoms with van der Waals surface area (Å²) in [6.45, 7) is 2.66. The van der Waals surface area contributed by atoms with Crippen molar-refractivity contribution >= 4 is 30.2 Å². The highest BCUT2D eigenvalue weighted by Crippen LogP contribution is 2.28. The van der Waals surface area contributed by atoms with Crippen LogP contribution in [0, 0.1) is 0 Å². The molecule has 1 heterocycles. The second-order valence-electron chi connectivity index (χ2n) is 6.99. The highest BCUT2D eigenvalue weighted by Gasteiger charge is 2.12. The molecule has 9 heteroatoms. The number of nitrogens with zero attached hydrogens (tertiary/aromatic N) is 1. The number of allylic oxidation sites excluding steroid dienone is 1. The van der Waals surface area contributed by atoms with E-state index in [9.17, 15) is 9.59 Å². The van der Waals surface area contributed by atoms with E-state index in [4.69, 9.17) is 23.7 Å². The Bertz CT molecular complexity index is 962. The lowest BCUT2D eigenvalue weighted by molar-refractivity contribution is -0.143. The zero-order valence-corrected chi connectivity index (χ0v) is 20.8. The Balaban J connectivity index is 0.00000578. The number of methoxy groups -OCH3 is 3. The first-order valence-electron chi connectivity index (χ1n) is 10.8. The van der Waals surface area contributed by atoms with Crippen molar-refractivity contribution < 1.29 is 33.3 Å². The van der Waals surface area contributed by atoms with Crippen LogP contribution in [0.2, 0.25) is 0 Å². The molecular weight excluding hydrogens is 462 g/mol. The number of rotatable bonds is 14. The molecule has 1 aromatic heterocycles. The van der Waals surface area contributed by atoms with E-state index in [1.54, 1.807) is 43.5 Å². The second-order valence-corrected chi connectivity index (χ2v) is 6.99. The summed E-state index contributed by atoms with van der Waals surface area (Å²) < 4.78 is 26.6. The number of halogens is 1. The summed E-state index contributed by atoms with van der Waals surface area (Å²) in [5.74, 6) is 1.64. The smallest absolute Gasteiger partial charge is 0.305 e. The van der Waals surface area contributed by atoms with Gasteiger partial charge in [0.2, 0.25) is 0 Å². The number of benzene rings is 1. The number of hydrogen-bond donors (Lipinski definition) is 0. The summed E-state index contributed by atoms with van der Waals surface area (Å²) in [7, 11) is 4.58. The Hall–Kier alpha value is -3.26. The van der Waals surface area contributed by atoms with Gasteiger partial charge < -0.3 is 23.7 Å². The topological polar surface area (TPSA) is 93.2 Å². The van der Waals surface area contributed by atoms with Crippen LogP contribution in [-0.2, 0) is 9.53 Å². The van der Waals surface area contributed by atoms with Gasteiger partial charge in [-0.15, -0.1) is 12.4 Å². The van der Waals surface area contributed by atoms with Gasteiger partial charge >= 0.3 is 5.97 Å². The van der Waals surface area contributed by atoms with Crippen LogP contribution in [0.15, 0.2) is 36.5 Å². The molecule has 0 saturated carbocycles. The molecule has 0 amide bonds. The van der Waals surface area contributed by atoms with E-state index in [1.165, 1.54) is 27.4 Å². The first kappa shape index (κ1) is 28.8. The fraction of sp³-hybridized carbons (Fsp3) is 0.400. The molecule has 0 aliphatic carbocycles. The summed E-state index contributed by atoms with van der Waals surface area (Å²) in [6, 6.07) is 6.75. The zero-order chi connectivity index (χ0) is 24.1. The van der Waals surface area contributed by atoms with Crippen molar-refractivity contribution in [3.63, 3.8) is 0 Å². The Labute approximate surface area is 206 Å². The van der Waals surface area contributed by atoms with E-state index >= 15 is 0 Å². The van der Waals surface area contributed by atoms with E-state index < -0.39 is 0 Å². The van der Waals surface area contributed by atoms with Gasteiger partial charge in [-0.3, -0.25) is 14.6 Å². The quantitative estimate of drug-likeness (QED) is 0.158. The standard InChI is InChI=1S/C25H31NO7.ClH/c1-5-32-25(28)9-7-6-8-14-33-23-15-18(26-17-24(23)31-4)10-12-21(27)20-16-19(29-2)11-13-22(20)30-3;/h10-13,15-17H,5-9,14H2,1-4H3;1H/b12-10+;. The zero-order valence-electron chi connectivity index (χ0n) is 20.0. The second kappa shape index (κ2) is 15.6. The molecule has 0 N–H and O–H groups in total. The van der Waals surface area contributed by atoms with Crippen LogP contribution in [-0.4, -0.2) is 51.3 Å². The van der Waals surface area contributed by atoms with Gasteiger partial charge in [-0.2, -0.15) is 0 Å². The number of carbonyl (C=O) groups excluding carboxylic acids is 2. The minimum absolute atomic E-state index is 0. The molecule has 0 aliphatic rings. The van der Waals surface area contributed by atoms with Crippen LogP contribution in [0.1, 0.15) is 48.7 Å². The Kier molecular flexibility index (Phi) is 13.2. The minimum atomic E-state index is -0.243. The Morgan fingerprint density at radius 1 is 0.941 bits per heavy atom. The number of ketones is 1. The van der Waals surface area contributed by atoms with Crippen LogP contribution in [0.3, 0.4) is 0 Å². The van der Waals surface area contributed by atoms with Gasteiger partial charge in [-0.05, 0) is 56.5 Å². The molecule has 1 aromatic carbocycles. The maximum atomic E-state index is 12.7. The molecule has 186 valence electrons. The molecule has 0 atom stereocenters. The summed E-state index contributed by atoms with van der Waals surface area (Å²) in [4.78, 5) is 28.4. The third kappa shape index (κ3) is 8.94. The molecule has 0 unspecified atom stereocenters. The predicted molar refractivity (Wildman–Crippen MR) is 132 cm³/mol. The van der Waals surface area contributed by atoms with Gasteiger partial charge in [0.25, 0.3) is 0 Å². The number of unbranched alkanes of at least 4 members (excludes halogenated alkanes) is 2. The molecule has 0 aliphatic heterocycles. The van der Waals surface area contributed by atoms with Gasteiger partial charge in [0, 0.05) is 12.5 Å². The molecule has 2 aromatic rings. The van der Waals surface area contributed by atoms with Crippen molar-refractivity contribution in [3.05, 3.63) is 47.8 Å². The number of esters is 1. The van der Waals surface area contributed by atoms with E-state index in [0.29, 0.717) is 53.9 Å². The van der Waals surface area contributed by atoms with E-state index in [2.05, 4.69) is 4.98 Å². The highest BCUT2D eigenvalue weighted by molar-refractivity contribution is 6.08. The fourth-order valence-corrected chi connectivity index (χ4v) is 3.02. The van der Waals surface area contributed by atoms with Crippen molar-refractivity contribution in [2.24, 2.45) is 0 Å². The van der Waals surface area contributed by atoms with Crippen molar-refractivity contribution in [2.75, 3.05) is 34.5 Å². The van der Waals surface area contributed by atoms with Crippen LogP contribution in [0.4, 0.5) is 0 Å². The lowest BCUT2D eigenvalue weighted by Crippen LogP contribution is -2.04. The van der Waals surface area contributed by atoms with Crippen LogP contribution >= 0.6 is 12.4 Å². The fourth-order valence-electron chi connectivity index (χ4n) is 3.02. The molecule has 0 radical (unpaired) electrons. The van der Waals surface area contributed by atoms with Gasteiger partial charge in [0.1, 0.15) is 11.5 Å². The first-order chi connectivity index (χ1) is 16.0. The molecule has 0 spiro atoms. The highest BCUT2D eigenvalue weighted by atomic mass is 35.5. The van der Waals surface area contributed by atoms with Crippen molar-refractivity contribution in [2.45, 2.75) is 32.6 Å². The number of ether oxygens (including phenoxy) is 5. The first-order valence-corrected chi connectivity index (χ1v) is 10.8. The molecule has 2 rings (SSSR count). The minimum Gasteiger partial charge on any atom is -0.497 e. The number of pyridine rings is 1. The average molecular weight is 494 g/mol. The molecule has 34 heavy (non-hydrogen) atoms. The normalized spacial score (nSPS) is 10.4. The van der Waals surface area contributed by atoms with Crippen molar-refractivity contribution in [1.82, 2.24) is 4.98 Å². The van der Waals surface area contributed by atoms with Gasteiger partial charge in [-0.1, -0.05) is 0 Å². The van der Waals surface area contributed by atoms with Gasteiger partial charge in [0.05, 0.1) is 52.0 Å². The van der Waals surface area contributed by atoms with Crippen molar-refractivity contribution in [1.29, 1.82) is 0 Å². The average Bonchev–Trinajstić information content (AvgIpc) is 2.84. The van der Waals surface area contributed by atoms with Gasteiger partial charge in [-0.25, -0.2) is 0 Å². The Morgan fingerprint density at radius 3 is 2.38 bits per heavy atom. The van der Waals surface area contributed by atoms with E-state index in [-0.39, 0.29) is 24.2 Å². The third-order valence-corrected chi connectivity index (χ3v) is 4.74. The lowest BCUT2D eigenvalue weighted by Gasteiger charge is -2.11. The Morgan fingerprint density at radius 2 is 1.71 bits per heavy atom. The van der Waals surface area contributed by atoms with Crippen LogP contribution in [0.5, 0.6) is 23.0 Å². The van der Waals surface area contributed by atoms with E-state index in [0.717, 1.165) is 19.3 Å². The molecular formula is C25H32ClNO7. The lowest BCUT2D eigenvalue weighted by atomic mass is 10.1. The maximum Gasteiger partial charge on any atom is 0.305 e. The van der Waals surface area contributed by atoms with Crippen molar-refractivity contribution in [3.8, 4) is 23.0 Å². The maximum absolute atomic E-state index is 12.7. The van der Waals surface area contributed by atoms with Crippen LogP contribution < -0.4 is 18.9 Å². The molecule has 0 saturated heterocycles. The summed E-state index contributed by atoms with van der Waals surface area (Å²) >= 11 is 0. The molecule has 8 nitrogen and oxygen atoms in total. The van der Waals surface area contributed by atoms with E-state index in [1.807, 2.05) is 0 Å². The number of hydrogen-bond acceptors (Lipinski definition) is 8. The van der Waals surface area contributed by atoms with Gasteiger partial charge in [0.15, 0.2) is 17.3 Å². The summed E-state index contributed by atoms with van der Waals surface area (Å²) in [6.07, 6.45) is 7.36. The predicted octanol–water partition coefficient (Wildman–Crippen LogP) is 4.93. The summed E-state index contributed by atoms with van der Waals surface area (Å²) in [5, 5.41) is 0. The molecule has 0 fully saturated rings. The van der Waals surface area contributed by atoms with Crippen LogP contribution in [0.25, 0.3) is 6.08 Å². The largest absolute Gasteiger partial charge is 0.497 e. The molecule has 0 bridgehead atoms. The SMILES string of the molecule is CCOC(=O)CCCCCOc1cc(/C=C/C(=O)c2cc(OC)ccc2OC)ncc1OC.Cl. The number of aromatic nitrogens is 1. The third-order valence-electron chi connectivity index (χ3n) is 4.74. The summed E-state index contributed by atoms with van der Waals surface area (Å²) in [5.41, 5.74) is 0.934. The monoisotopic (exact) mass is 493 g/mol. The number of carbonyl (C=O) groups is 2.